The molecule has 3 rings (SSSR count). The molecule has 0 aromatic heterocycles. The third-order valence-corrected chi connectivity index (χ3v) is 3.37. The molecule has 0 bridgehead atoms. The first-order valence-corrected chi connectivity index (χ1v) is 5.86. The Kier molecular flexibility index (Phi) is 2.34. The van der Waals surface area contributed by atoms with E-state index in [0.29, 0.717) is 18.7 Å². The highest BCUT2D eigenvalue weighted by Crippen LogP contribution is 2.50. The average molecular weight is 248 g/mol. The fourth-order valence-electron chi connectivity index (χ4n) is 2.46. The molecule has 0 radical (unpaired) electrons. The zero-order valence-corrected chi connectivity index (χ0v) is 9.83. The molecule has 0 spiro atoms. The van der Waals surface area contributed by atoms with E-state index in [-0.39, 0.29) is 23.8 Å². The lowest BCUT2D eigenvalue weighted by Gasteiger charge is -2.26. The van der Waals surface area contributed by atoms with Crippen molar-refractivity contribution in [2.75, 3.05) is 11.4 Å². The van der Waals surface area contributed by atoms with Crippen LogP contribution in [-0.4, -0.2) is 23.5 Å². The van der Waals surface area contributed by atoms with Gasteiger partial charge in [0, 0.05) is 18.1 Å². The van der Waals surface area contributed by atoms with Gasteiger partial charge in [0.05, 0.1) is 11.5 Å². The van der Waals surface area contributed by atoms with E-state index >= 15 is 0 Å². The van der Waals surface area contributed by atoms with Gasteiger partial charge in [-0.05, 0) is 0 Å². The standard InChI is InChI=1S/C12H12N2O4/c1-2-10(15)13-6-9-12(18-9)7-4-3-5-8(11(7)13)14(16)17/h3-5,9,12H,2,6H2,1H3/t9-,12+/m1/s1. The number of rotatable bonds is 2. The molecule has 1 saturated heterocycles. The molecule has 6 heteroatoms. The number of para-hydroxylation sites is 1. The van der Waals surface area contributed by atoms with Gasteiger partial charge >= 0.3 is 0 Å². The van der Waals surface area contributed by atoms with Crippen LogP contribution in [0.2, 0.25) is 0 Å². The van der Waals surface area contributed by atoms with E-state index in [0.717, 1.165) is 5.56 Å². The highest BCUT2D eigenvalue weighted by Gasteiger charge is 2.50. The summed E-state index contributed by atoms with van der Waals surface area (Å²) in [5.74, 6) is -0.112. The lowest BCUT2D eigenvalue weighted by atomic mass is 10.00. The lowest BCUT2D eigenvalue weighted by Crippen LogP contribution is -2.37. The Balaban J connectivity index is 2.15. The largest absolute Gasteiger partial charge is 0.362 e. The zero-order chi connectivity index (χ0) is 12.9. The number of anilines is 1. The van der Waals surface area contributed by atoms with E-state index in [9.17, 15) is 14.9 Å². The van der Waals surface area contributed by atoms with E-state index in [2.05, 4.69) is 0 Å². The normalized spacial score (nSPS) is 24.2. The van der Waals surface area contributed by atoms with Gasteiger partial charge in [-0.15, -0.1) is 0 Å². The molecule has 94 valence electrons. The molecule has 2 atom stereocenters. The van der Waals surface area contributed by atoms with Crippen LogP contribution in [-0.2, 0) is 9.53 Å². The van der Waals surface area contributed by atoms with Gasteiger partial charge in [-0.1, -0.05) is 19.1 Å². The summed E-state index contributed by atoms with van der Waals surface area (Å²) in [6.45, 7) is 2.16. The van der Waals surface area contributed by atoms with Crippen molar-refractivity contribution in [3.63, 3.8) is 0 Å². The van der Waals surface area contributed by atoms with Gasteiger partial charge in [0.25, 0.3) is 5.69 Å². The number of carbonyl (C=O) groups is 1. The highest BCUT2D eigenvalue weighted by atomic mass is 16.6. The molecular weight excluding hydrogens is 236 g/mol. The van der Waals surface area contributed by atoms with Gasteiger partial charge in [0.2, 0.25) is 5.91 Å². The van der Waals surface area contributed by atoms with Crippen molar-refractivity contribution in [3.05, 3.63) is 33.9 Å². The summed E-state index contributed by atoms with van der Waals surface area (Å²) in [7, 11) is 0. The molecule has 0 N–H and O–H groups in total. The molecule has 2 heterocycles. The van der Waals surface area contributed by atoms with E-state index in [1.165, 1.54) is 11.0 Å². The molecule has 18 heavy (non-hydrogen) atoms. The minimum absolute atomic E-state index is 0.00463. The maximum absolute atomic E-state index is 11.9. The van der Waals surface area contributed by atoms with Gasteiger partial charge in [0.15, 0.2) is 0 Å². The molecule has 1 amide bonds. The van der Waals surface area contributed by atoms with Crippen molar-refractivity contribution in [2.45, 2.75) is 25.6 Å². The number of epoxide rings is 1. The number of fused-ring (bicyclic) bond motifs is 3. The molecule has 0 unspecified atom stereocenters. The molecule has 1 fully saturated rings. The number of hydrogen-bond donors (Lipinski definition) is 0. The Morgan fingerprint density at radius 1 is 1.61 bits per heavy atom. The predicted octanol–water partition coefficient (Wildman–Crippen LogP) is 1.79. The Morgan fingerprint density at radius 3 is 3.06 bits per heavy atom. The van der Waals surface area contributed by atoms with Crippen molar-refractivity contribution in [1.29, 1.82) is 0 Å². The smallest absolute Gasteiger partial charge is 0.293 e. The third-order valence-electron chi connectivity index (χ3n) is 3.37. The van der Waals surface area contributed by atoms with Crippen LogP contribution in [0.5, 0.6) is 0 Å². The van der Waals surface area contributed by atoms with Crippen LogP contribution in [0, 0.1) is 10.1 Å². The van der Waals surface area contributed by atoms with Crippen LogP contribution in [0.25, 0.3) is 0 Å². The number of hydrogen-bond acceptors (Lipinski definition) is 4. The van der Waals surface area contributed by atoms with E-state index in [1.807, 2.05) is 0 Å². The van der Waals surface area contributed by atoms with Crippen LogP contribution in [0.3, 0.4) is 0 Å². The maximum Gasteiger partial charge on any atom is 0.293 e. The molecule has 0 aliphatic carbocycles. The van der Waals surface area contributed by atoms with Crippen LogP contribution in [0.4, 0.5) is 11.4 Å². The second-order valence-electron chi connectivity index (χ2n) is 4.43. The average Bonchev–Trinajstić information content (AvgIpc) is 3.15. The second-order valence-corrected chi connectivity index (χ2v) is 4.43. The molecule has 2 aliphatic rings. The summed E-state index contributed by atoms with van der Waals surface area (Å²) >= 11 is 0. The first-order chi connectivity index (χ1) is 8.63. The second kappa shape index (κ2) is 3.78. The Morgan fingerprint density at radius 2 is 2.39 bits per heavy atom. The first kappa shape index (κ1) is 11.2. The number of nitro groups is 1. The number of carbonyl (C=O) groups excluding carboxylic acids is 1. The van der Waals surface area contributed by atoms with Crippen LogP contribution >= 0.6 is 0 Å². The van der Waals surface area contributed by atoms with Gasteiger partial charge in [-0.3, -0.25) is 14.9 Å². The summed E-state index contributed by atoms with van der Waals surface area (Å²) in [5, 5.41) is 11.1. The van der Waals surface area contributed by atoms with Crippen LogP contribution in [0.1, 0.15) is 25.0 Å². The minimum atomic E-state index is -0.447. The van der Waals surface area contributed by atoms with Crippen molar-refractivity contribution in [2.24, 2.45) is 0 Å². The Labute approximate surface area is 103 Å². The number of nitrogens with zero attached hydrogens (tertiary/aromatic N) is 2. The number of nitro benzene ring substituents is 1. The van der Waals surface area contributed by atoms with Crippen molar-refractivity contribution in [3.8, 4) is 0 Å². The number of benzene rings is 1. The molecule has 0 saturated carbocycles. The fourth-order valence-corrected chi connectivity index (χ4v) is 2.46. The van der Waals surface area contributed by atoms with Gasteiger partial charge in [0.1, 0.15) is 17.9 Å². The monoisotopic (exact) mass is 248 g/mol. The quantitative estimate of drug-likeness (QED) is 0.454. The number of amides is 1. The first-order valence-electron chi connectivity index (χ1n) is 5.86. The van der Waals surface area contributed by atoms with E-state index in [1.54, 1.807) is 19.1 Å². The van der Waals surface area contributed by atoms with E-state index in [4.69, 9.17) is 4.74 Å². The predicted molar refractivity (Wildman–Crippen MR) is 63.4 cm³/mol. The van der Waals surface area contributed by atoms with E-state index < -0.39 is 4.92 Å². The van der Waals surface area contributed by atoms with Gasteiger partial charge < -0.3 is 9.64 Å². The summed E-state index contributed by atoms with van der Waals surface area (Å²) < 4.78 is 5.45. The van der Waals surface area contributed by atoms with Gasteiger partial charge in [-0.2, -0.15) is 0 Å². The summed E-state index contributed by atoms with van der Waals surface area (Å²) in [6.07, 6.45) is 0.235. The van der Waals surface area contributed by atoms with Crippen molar-refractivity contribution in [1.82, 2.24) is 0 Å². The van der Waals surface area contributed by atoms with Crippen molar-refractivity contribution >= 4 is 17.3 Å². The molecule has 1 aromatic rings. The SMILES string of the molecule is CCC(=O)N1C[C@H]2O[C@H]2c2cccc([N+](=O)[O-])c21. The van der Waals surface area contributed by atoms with Gasteiger partial charge in [-0.25, -0.2) is 0 Å². The minimum Gasteiger partial charge on any atom is -0.362 e. The molecule has 6 nitrogen and oxygen atoms in total. The van der Waals surface area contributed by atoms with Crippen molar-refractivity contribution < 1.29 is 14.5 Å². The Hall–Kier alpha value is -1.95. The summed E-state index contributed by atoms with van der Waals surface area (Å²) in [6, 6.07) is 4.86. The third kappa shape index (κ3) is 1.49. The molecule has 2 aliphatic heterocycles. The zero-order valence-electron chi connectivity index (χ0n) is 9.83. The topological polar surface area (TPSA) is 76.0 Å². The summed E-state index contributed by atoms with van der Waals surface area (Å²) in [5.41, 5.74) is 1.14. The Bertz CT molecular complexity index is 543. The summed E-state index contributed by atoms with van der Waals surface area (Å²) in [4.78, 5) is 24.0. The lowest BCUT2D eigenvalue weighted by molar-refractivity contribution is -0.384. The highest BCUT2D eigenvalue weighted by molar-refractivity contribution is 5.97. The van der Waals surface area contributed by atoms with Crippen LogP contribution < -0.4 is 4.90 Å². The maximum atomic E-state index is 11.9. The molecular formula is C12H12N2O4. The fraction of sp³-hybridized carbons (Fsp3) is 0.417. The molecule has 1 aromatic carbocycles. The number of ether oxygens (including phenoxy) is 1. The van der Waals surface area contributed by atoms with Crippen LogP contribution in [0.15, 0.2) is 18.2 Å².